The molecule has 2 saturated heterocycles. The van der Waals surface area contributed by atoms with Crippen molar-refractivity contribution in [2.24, 2.45) is 5.92 Å². The molecular formula is C43H55N5O8. The minimum absolute atomic E-state index is 0.00939. The zero-order valence-electron chi connectivity index (χ0n) is 32.7. The van der Waals surface area contributed by atoms with Crippen LogP contribution >= 0.6 is 0 Å². The highest BCUT2D eigenvalue weighted by Gasteiger charge is 2.33. The van der Waals surface area contributed by atoms with Crippen LogP contribution in [-0.2, 0) is 23.9 Å². The van der Waals surface area contributed by atoms with Crippen LogP contribution in [0.15, 0.2) is 54.6 Å². The second kappa shape index (κ2) is 19.6. The number of aryl methyl sites for hydroxylation is 1. The van der Waals surface area contributed by atoms with E-state index in [0.29, 0.717) is 42.3 Å². The number of amides is 4. The van der Waals surface area contributed by atoms with Crippen molar-refractivity contribution in [3.8, 4) is 5.75 Å². The number of pyridine rings is 1. The summed E-state index contributed by atoms with van der Waals surface area (Å²) in [5.74, 6) is -0.877. The molecule has 13 heteroatoms. The number of benzene rings is 2. The second-order valence-electron chi connectivity index (χ2n) is 15.1. The molecule has 13 nitrogen and oxygen atoms in total. The molecule has 0 bridgehead atoms. The number of hydrogen-bond acceptors (Lipinski definition) is 9. The van der Waals surface area contributed by atoms with E-state index in [1.54, 1.807) is 9.80 Å². The molecule has 3 aliphatic rings. The Kier molecular flexibility index (Phi) is 14.2. The molecule has 2 atom stereocenters. The van der Waals surface area contributed by atoms with E-state index in [4.69, 9.17) is 14.2 Å². The third-order valence-corrected chi connectivity index (χ3v) is 11.0. The molecule has 1 aliphatic carbocycles. The first-order valence-electron chi connectivity index (χ1n) is 20.3. The van der Waals surface area contributed by atoms with Crippen LogP contribution in [0.1, 0.15) is 98.8 Å². The van der Waals surface area contributed by atoms with E-state index in [1.165, 1.54) is 6.07 Å². The van der Waals surface area contributed by atoms with Crippen molar-refractivity contribution in [3.63, 3.8) is 0 Å². The molecule has 4 amide bonds. The lowest BCUT2D eigenvalue weighted by Crippen LogP contribution is -2.56. The van der Waals surface area contributed by atoms with Crippen LogP contribution in [0.25, 0.3) is 10.9 Å². The number of likely N-dealkylation sites (tertiary alicyclic amines) is 1. The monoisotopic (exact) mass is 769 g/mol. The molecule has 3 fully saturated rings. The molecule has 2 unspecified atom stereocenters. The van der Waals surface area contributed by atoms with Crippen LogP contribution in [0, 0.1) is 12.8 Å². The smallest absolute Gasteiger partial charge is 0.409 e. The van der Waals surface area contributed by atoms with Gasteiger partial charge in [0.05, 0.1) is 24.8 Å². The summed E-state index contributed by atoms with van der Waals surface area (Å²) in [6.07, 6.45) is 7.34. The van der Waals surface area contributed by atoms with Crippen LogP contribution in [0.3, 0.4) is 0 Å². The number of hydrogen-bond donors (Lipinski definition) is 1. The Morgan fingerprint density at radius 3 is 2.38 bits per heavy atom. The first-order valence-corrected chi connectivity index (χ1v) is 20.3. The average Bonchev–Trinajstić information content (AvgIpc) is 3.94. The van der Waals surface area contributed by atoms with Gasteiger partial charge >= 0.3 is 12.1 Å². The van der Waals surface area contributed by atoms with Crippen LogP contribution in [0.4, 0.5) is 4.79 Å². The number of piperazine rings is 1. The summed E-state index contributed by atoms with van der Waals surface area (Å²) in [4.78, 5) is 76.7. The maximum absolute atomic E-state index is 14.0. The summed E-state index contributed by atoms with van der Waals surface area (Å²) in [5, 5.41) is 3.50. The SMILES string of the molecule is CCCCOC(=O)N1CCN(C(=O)C(CCC(=O)OCC2CCCC2)NC(=O)c2cc(OCC(=O)N3CCCC3c3ccccc3)c3ccc(C)cc3n2)CC1. The van der Waals surface area contributed by atoms with Crippen molar-refractivity contribution in [1.82, 2.24) is 25.0 Å². The van der Waals surface area contributed by atoms with Gasteiger partial charge in [-0.25, -0.2) is 9.78 Å². The van der Waals surface area contributed by atoms with E-state index < -0.39 is 24.0 Å². The normalized spacial score (nSPS) is 17.8. The summed E-state index contributed by atoms with van der Waals surface area (Å²) in [7, 11) is 0. The van der Waals surface area contributed by atoms with E-state index in [2.05, 4.69) is 10.3 Å². The number of carbonyl (C=O) groups excluding carboxylic acids is 5. The lowest BCUT2D eigenvalue weighted by atomic mass is 10.0. The summed E-state index contributed by atoms with van der Waals surface area (Å²) in [6, 6.07) is 16.0. The van der Waals surface area contributed by atoms with E-state index in [1.807, 2.05) is 67.3 Å². The van der Waals surface area contributed by atoms with Gasteiger partial charge in [-0.15, -0.1) is 0 Å². The number of ether oxygens (including phenoxy) is 3. The van der Waals surface area contributed by atoms with Crippen LogP contribution in [0.5, 0.6) is 5.75 Å². The summed E-state index contributed by atoms with van der Waals surface area (Å²) in [5.41, 5.74) is 2.52. The Bertz CT molecular complexity index is 1840. The fourth-order valence-corrected chi connectivity index (χ4v) is 7.79. The molecule has 3 aromatic rings. The van der Waals surface area contributed by atoms with Gasteiger partial charge in [0.25, 0.3) is 11.8 Å². The highest BCUT2D eigenvalue weighted by molar-refractivity contribution is 5.99. The van der Waals surface area contributed by atoms with E-state index in [9.17, 15) is 24.0 Å². The first kappa shape index (κ1) is 40.5. The van der Waals surface area contributed by atoms with Crippen molar-refractivity contribution < 1.29 is 38.2 Å². The fraction of sp³-hybridized carbons (Fsp3) is 0.535. The van der Waals surface area contributed by atoms with Crippen molar-refractivity contribution in [2.45, 2.75) is 90.1 Å². The number of esters is 1. The summed E-state index contributed by atoms with van der Waals surface area (Å²) in [6.45, 7) is 6.13. The third-order valence-electron chi connectivity index (χ3n) is 11.0. The zero-order valence-corrected chi connectivity index (χ0v) is 32.7. The number of nitrogens with one attached hydrogen (secondary N) is 1. The average molecular weight is 770 g/mol. The topological polar surface area (TPSA) is 148 Å². The molecule has 2 aliphatic heterocycles. The van der Waals surface area contributed by atoms with Crippen LogP contribution < -0.4 is 10.1 Å². The molecule has 1 N–H and O–H groups in total. The highest BCUT2D eigenvalue weighted by atomic mass is 16.6. The molecule has 300 valence electrons. The number of carbonyl (C=O) groups is 5. The predicted molar refractivity (Wildman–Crippen MR) is 210 cm³/mol. The van der Waals surface area contributed by atoms with Gasteiger partial charge < -0.3 is 34.2 Å². The number of unbranched alkanes of at least 4 members (excludes halogenated alkanes) is 1. The fourth-order valence-electron chi connectivity index (χ4n) is 7.79. The van der Waals surface area contributed by atoms with Crippen molar-refractivity contribution in [1.29, 1.82) is 0 Å². The van der Waals surface area contributed by atoms with Crippen molar-refractivity contribution in [2.75, 3.05) is 52.5 Å². The summed E-state index contributed by atoms with van der Waals surface area (Å²) < 4.78 is 17.1. The molecule has 0 spiro atoms. The third kappa shape index (κ3) is 10.6. The Labute approximate surface area is 329 Å². The van der Waals surface area contributed by atoms with Crippen LogP contribution in [0.2, 0.25) is 0 Å². The number of fused-ring (bicyclic) bond motifs is 1. The minimum Gasteiger partial charge on any atom is -0.483 e. The summed E-state index contributed by atoms with van der Waals surface area (Å²) >= 11 is 0. The van der Waals surface area contributed by atoms with Crippen molar-refractivity contribution >= 4 is 40.7 Å². The molecule has 0 radical (unpaired) electrons. The number of rotatable bonds is 15. The van der Waals surface area contributed by atoms with Crippen molar-refractivity contribution in [3.05, 3.63) is 71.4 Å². The Hall–Kier alpha value is -5.20. The lowest BCUT2D eigenvalue weighted by molar-refractivity contribution is -0.145. The Morgan fingerprint density at radius 2 is 1.62 bits per heavy atom. The van der Waals surface area contributed by atoms with E-state index in [0.717, 1.165) is 62.5 Å². The highest BCUT2D eigenvalue weighted by Crippen LogP contribution is 2.33. The Balaban J connectivity index is 1.16. The van der Waals surface area contributed by atoms with E-state index in [-0.39, 0.29) is 69.2 Å². The van der Waals surface area contributed by atoms with Gasteiger partial charge in [0.2, 0.25) is 5.91 Å². The standard InChI is InChI=1S/C43H55N5O8/c1-3-4-25-54-43(53)47-23-21-46(22-24-47)42(52)34(18-19-40(50)56-28-31-11-8-9-12-31)45-41(51)36-27-38(33-17-16-30(2)26-35(33)44-36)55-29-39(49)48-20-10-15-37(48)32-13-6-5-7-14-32/h5-7,13-14,16-17,26-27,31,34,37H,3-4,8-12,15,18-25,28-29H2,1-2H3,(H,45,51). The molecule has 56 heavy (non-hydrogen) atoms. The predicted octanol–water partition coefficient (Wildman–Crippen LogP) is 5.98. The Morgan fingerprint density at radius 1 is 0.875 bits per heavy atom. The largest absolute Gasteiger partial charge is 0.483 e. The van der Waals surface area contributed by atoms with Gasteiger partial charge in [0, 0.05) is 50.6 Å². The quantitative estimate of drug-likeness (QED) is 0.146. The molecule has 2 aromatic carbocycles. The second-order valence-corrected chi connectivity index (χ2v) is 15.1. The van der Waals surface area contributed by atoms with Gasteiger partial charge in [-0.1, -0.05) is 62.6 Å². The molecular weight excluding hydrogens is 714 g/mol. The lowest BCUT2D eigenvalue weighted by Gasteiger charge is -2.36. The molecule has 6 rings (SSSR count). The number of aromatic nitrogens is 1. The number of nitrogens with zero attached hydrogens (tertiary/aromatic N) is 4. The molecule has 1 saturated carbocycles. The van der Waals surface area contributed by atoms with Gasteiger partial charge in [-0.3, -0.25) is 19.2 Å². The molecule has 3 heterocycles. The van der Waals surface area contributed by atoms with Gasteiger partial charge in [0.1, 0.15) is 17.5 Å². The van der Waals surface area contributed by atoms with Crippen LogP contribution in [-0.4, -0.2) is 108 Å². The maximum atomic E-state index is 14.0. The van der Waals surface area contributed by atoms with Gasteiger partial charge in [-0.05, 0) is 74.6 Å². The zero-order chi connectivity index (χ0) is 39.4. The van der Waals surface area contributed by atoms with Gasteiger partial charge in [-0.2, -0.15) is 0 Å². The van der Waals surface area contributed by atoms with E-state index >= 15 is 0 Å². The van der Waals surface area contributed by atoms with Gasteiger partial charge in [0.15, 0.2) is 6.61 Å². The minimum atomic E-state index is -1.06. The first-order chi connectivity index (χ1) is 27.2. The molecule has 1 aromatic heterocycles. The maximum Gasteiger partial charge on any atom is 0.409 e.